The van der Waals surface area contributed by atoms with Gasteiger partial charge >= 0.3 is 12.1 Å². The quantitative estimate of drug-likeness (QED) is 0.304. The Kier molecular flexibility index (Phi) is 9.52. The zero-order valence-electron chi connectivity index (χ0n) is 22.8. The van der Waals surface area contributed by atoms with E-state index >= 15 is 0 Å². The maximum Gasteiger partial charge on any atom is 0.407 e. The molecule has 0 saturated carbocycles. The summed E-state index contributed by atoms with van der Waals surface area (Å²) in [6.07, 6.45) is 1.61. The number of fused-ring (bicyclic) bond motifs is 3. The number of carbonyl (C=O) groups is 5. The number of hydrogen-bond acceptors (Lipinski definition) is 7. The van der Waals surface area contributed by atoms with Crippen LogP contribution in [0.4, 0.5) is 4.79 Å². The van der Waals surface area contributed by atoms with Gasteiger partial charge in [0.1, 0.15) is 12.6 Å². The summed E-state index contributed by atoms with van der Waals surface area (Å²) < 4.78 is 5.53. The largest absolute Gasteiger partial charge is 0.449 e. The van der Waals surface area contributed by atoms with Crippen molar-refractivity contribution in [1.29, 1.82) is 0 Å². The molecule has 2 N–H and O–H groups in total. The number of nitrogens with one attached hydrogen (secondary N) is 2. The fraction of sp³-hybridized carbons (Fsp3) is 0.433. The topological polar surface area (TPSA) is 131 Å². The van der Waals surface area contributed by atoms with Gasteiger partial charge in [-0.05, 0) is 41.0 Å². The predicted molar refractivity (Wildman–Crippen MR) is 145 cm³/mol. The second kappa shape index (κ2) is 13.2. The lowest BCUT2D eigenvalue weighted by Gasteiger charge is -2.22. The number of carbonyl (C=O) groups excluding carboxylic acids is 5. The minimum absolute atomic E-state index is 0.0000582. The molecule has 1 saturated heterocycles. The second-order valence-corrected chi connectivity index (χ2v) is 10.3. The van der Waals surface area contributed by atoms with Crippen LogP contribution < -0.4 is 10.6 Å². The summed E-state index contributed by atoms with van der Waals surface area (Å²) in [7, 11) is 0. The third-order valence-electron chi connectivity index (χ3n) is 7.12. The molecular formula is C30H35N3O7. The van der Waals surface area contributed by atoms with E-state index in [1.54, 1.807) is 13.8 Å². The zero-order valence-corrected chi connectivity index (χ0v) is 22.8. The number of ether oxygens (including phenoxy) is 1. The number of hydroxylamine groups is 2. The van der Waals surface area contributed by atoms with E-state index in [4.69, 9.17) is 9.57 Å². The van der Waals surface area contributed by atoms with Crippen molar-refractivity contribution in [3.05, 3.63) is 59.7 Å². The number of hydrogen-bond donors (Lipinski definition) is 2. The molecule has 10 heteroatoms. The van der Waals surface area contributed by atoms with Crippen molar-refractivity contribution in [2.24, 2.45) is 5.92 Å². The van der Waals surface area contributed by atoms with Gasteiger partial charge in [0.25, 0.3) is 11.8 Å². The molecule has 1 fully saturated rings. The molecular weight excluding hydrogens is 514 g/mol. The van der Waals surface area contributed by atoms with Gasteiger partial charge in [0.15, 0.2) is 0 Å². The highest BCUT2D eigenvalue weighted by Crippen LogP contribution is 2.44. The van der Waals surface area contributed by atoms with E-state index in [-0.39, 0.29) is 43.6 Å². The molecule has 2 aromatic rings. The summed E-state index contributed by atoms with van der Waals surface area (Å²) >= 11 is 0. The predicted octanol–water partition coefficient (Wildman–Crippen LogP) is 3.83. The van der Waals surface area contributed by atoms with Gasteiger partial charge in [-0.1, -0.05) is 68.8 Å². The summed E-state index contributed by atoms with van der Waals surface area (Å²) in [4.78, 5) is 65.5. The van der Waals surface area contributed by atoms with Crippen LogP contribution in [0.2, 0.25) is 0 Å². The lowest BCUT2D eigenvalue weighted by Crippen LogP contribution is -2.48. The van der Waals surface area contributed by atoms with Crippen LogP contribution in [0.15, 0.2) is 48.5 Å². The zero-order chi connectivity index (χ0) is 28.6. The Bertz CT molecular complexity index is 1210. The van der Waals surface area contributed by atoms with Crippen molar-refractivity contribution in [2.45, 2.75) is 64.3 Å². The lowest BCUT2D eigenvalue weighted by molar-refractivity contribution is -0.199. The van der Waals surface area contributed by atoms with E-state index in [2.05, 4.69) is 34.9 Å². The number of imide groups is 1. The first-order valence-electron chi connectivity index (χ1n) is 13.7. The highest BCUT2D eigenvalue weighted by Gasteiger charge is 2.36. The monoisotopic (exact) mass is 549 g/mol. The van der Waals surface area contributed by atoms with Gasteiger partial charge in [0.05, 0.1) is 0 Å². The van der Waals surface area contributed by atoms with E-state index in [0.29, 0.717) is 30.9 Å². The number of unbranched alkanes of at least 4 members (excludes halogenated alkanes) is 2. The van der Waals surface area contributed by atoms with E-state index in [9.17, 15) is 24.0 Å². The number of amides is 4. The van der Waals surface area contributed by atoms with Gasteiger partial charge in [-0.25, -0.2) is 9.59 Å². The molecule has 212 valence electrons. The van der Waals surface area contributed by atoms with Crippen LogP contribution in [-0.4, -0.2) is 54.0 Å². The molecule has 0 radical (unpaired) electrons. The van der Waals surface area contributed by atoms with Crippen LogP contribution in [0.5, 0.6) is 0 Å². The molecule has 4 amide bonds. The van der Waals surface area contributed by atoms with Crippen molar-refractivity contribution in [3.8, 4) is 11.1 Å². The second-order valence-electron chi connectivity index (χ2n) is 10.3. The Morgan fingerprint density at radius 2 is 1.50 bits per heavy atom. The molecule has 0 bridgehead atoms. The average molecular weight is 550 g/mol. The molecule has 2 aromatic carbocycles. The van der Waals surface area contributed by atoms with Gasteiger partial charge in [0.2, 0.25) is 5.91 Å². The molecule has 1 atom stereocenters. The maximum atomic E-state index is 12.5. The minimum atomic E-state index is -0.982. The Hall–Kier alpha value is -4.21. The first-order valence-corrected chi connectivity index (χ1v) is 13.7. The average Bonchev–Trinajstić information content (AvgIpc) is 3.43. The van der Waals surface area contributed by atoms with Crippen molar-refractivity contribution in [3.63, 3.8) is 0 Å². The Morgan fingerprint density at radius 1 is 0.900 bits per heavy atom. The summed E-state index contributed by atoms with van der Waals surface area (Å²) in [6, 6.07) is 15.3. The molecule has 1 aliphatic carbocycles. The normalized spacial score (nSPS) is 15.0. The first kappa shape index (κ1) is 28.8. The molecule has 1 aliphatic heterocycles. The van der Waals surface area contributed by atoms with Crippen molar-refractivity contribution in [1.82, 2.24) is 15.7 Å². The first-order chi connectivity index (χ1) is 19.3. The molecule has 1 heterocycles. The molecule has 0 aromatic heterocycles. The van der Waals surface area contributed by atoms with Crippen LogP contribution in [0.25, 0.3) is 11.1 Å². The molecule has 0 spiro atoms. The third kappa shape index (κ3) is 6.86. The van der Waals surface area contributed by atoms with Crippen molar-refractivity contribution < 1.29 is 33.5 Å². The molecule has 4 rings (SSSR count). The van der Waals surface area contributed by atoms with Crippen LogP contribution >= 0.6 is 0 Å². The number of alkyl carbamates (subject to hydrolysis) is 1. The number of nitrogens with zero attached hydrogens (tertiary/aromatic N) is 1. The Labute approximate surface area is 233 Å². The fourth-order valence-corrected chi connectivity index (χ4v) is 4.98. The van der Waals surface area contributed by atoms with Crippen LogP contribution in [-0.2, 0) is 28.8 Å². The molecule has 2 aliphatic rings. The summed E-state index contributed by atoms with van der Waals surface area (Å²) in [5.41, 5.74) is 4.65. The van der Waals surface area contributed by atoms with Crippen LogP contribution in [0.1, 0.15) is 69.4 Å². The molecule has 10 nitrogen and oxygen atoms in total. The standard InChI is InChI=1S/C30H35N3O7/c1-19(2)28(29(37)40-33-26(35)15-16-27(33)36)32-25(34)14-4-3-9-17-31-30(38)39-18-24-22-12-7-5-10-20(22)21-11-6-8-13-23(21)24/h5-8,10-13,19,24,28H,3-4,9,14-18H2,1-2H3,(H,31,38)(H,32,34)/t28-/m0/s1. The van der Waals surface area contributed by atoms with Gasteiger partial charge in [-0.15, -0.1) is 5.06 Å². The van der Waals surface area contributed by atoms with E-state index < -0.39 is 29.9 Å². The Balaban J connectivity index is 1.12. The SMILES string of the molecule is CC(C)[C@H](NC(=O)CCCCCNC(=O)OCC1c2ccccc2-c2ccccc21)C(=O)ON1C(=O)CCC1=O. The Morgan fingerprint density at radius 3 is 2.10 bits per heavy atom. The summed E-state index contributed by atoms with van der Waals surface area (Å²) in [6.45, 7) is 4.13. The lowest BCUT2D eigenvalue weighted by atomic mass is 9.98. The number of benzene rings is 2. The summed E-state index contributed by atoms with van der Waals surface area (Å²) in [5.74, 6) is -2.62. The molecule has 40 heavy (non-hydrogen) atoms. The van der Waals surface area contributed by atoms with Crippen LogP contribution in [0.3, 0.4) is 0 Å². The van der Waals surface area contributed by atoms with E-state index in [0.717, 1.165) is 11.1 Å². The van der Waals surface area contributed by atoms with E-state index in [1.807, 2.05) is 24.3 Å². The highest BCUT2D eigenvalue weighted by molar-refractivity contribution is 6.02. The van der Waals surface area contributed by atoms with Crippen molar-refractivity contribution in [2.75, 3.05) is 13.2 Å². The van der Waals surface area contributed by atoms with Gasteiger partial charge < -0.3 is 20.2 Å². The van der Waals surface area contributed by atoms with Gasteiger partial charge in [-0.3, -0.25) is 14.4 Å². The fourth-order valence-electron chi connectivity index (χ4n) is 4.98. The van der Waals surface area contributed by atoms with Gasteiger partial charge in [0, 0.05) is 31.7 Å². The third-order valence-corrected chi connectivity index (χ3v) is 7.12. The minimum Gasteiger partial charge on any atom is -0.449 e. The summed E-state index contributed by atoms with van der Waals surface area (Å²) in [5, 5.41) is 5.88. The van der Waals surface area contributed by atoms with E-state index in [1.165, 1.54) is 11.1 Å². The highest BCUT2D eigenvalue weighted by atomic mass is 16.7. The smallest absolute Gasteiger partial charge is 0.407 e. The van der Waals surface area contributed by atoms with Gasteiger partial charge in [-0.2, -0.15) is 0 Å². The maximum absolute atomic E-state index is 12.5. The molecule has 0 unspecified atom stereocenters. The van der Waals surface area contributed by atoms with Crippen molar-refractivity contribution >= 4 is 29.8 Å². The number of rotatable bonds is 12. The van der Waals surface area contributed by atoms with Crippen LogP contribution in [0, 0.1) is 5.92 Å².